The smallest absolute Gasteiger partial charge is 0.0957 e. The number of fused-ring (bicyclic) bond motifs is 5. The van der Waals surface area contributed by atoms with Crippen LogP contribution in [0.3, 0.4) is 0 Å². The van der Waals surface area contributed by atoms with E-state index in [9.17, 15) is 0 Å². The molecule has 140 valence electrons. The molecule has 3 heteroatoms. The van der Waals surface area contributed by atoms with Gasteiger partial charge in [0.15, 0.2) is 0 Å². The van der Waals surface area contributed by atoms with Crippen LogP contribution in [0, 0.1) is 0 Å². The van der Waals surface area contributed by atoms with E-state index in [0.29, 0.717) is 0 Å². The summed E-state index contributed by atoms with van der Waals surface area (Å²) >= 11 is 0. The minimum Gasteiger partial charge on any atom is -0.353 e. The van der Waals surface area contributed by atoms with Crippen LogP contribution in [0.5, 0.6) is 0 Å². The van der Waals surface area contributed by atoms with Crippen LogP contribution >= 0.6 is 0 Å². The van der Waals surface area contributed by atoms with Crippen LogP contribution in [-0.4, -0.2) is 9.97 Å². The number of benzene rings is 3. The van der Waals surface area contributed by atoms with Crippen molar-refractivity contribution < 1.29 is 0 Å². The van der Waals surface area contributed by atoms with Gasteiger partial charge in [-0.15, -0.1) is 0 Å². The topological polar surface area (TPSA) is 31.9 Å². The molecule has 0 atom stereocenters. The number of aromatic amines is 1. The molecule has 29 heavy (non-hydrogen) atoms. The van der Waals surface area contributed by atoms with E-state index in [1.807, 2.05) is 12.3 Å². The van der Waals surface area contributed by atoms with E-state index < -0.39 is 0 Å². The third kappa shape index (κ3) is 2.21. The Morgan fingerprint density at radius 3 is 2.41 bits per heavy atom. The fourth-order valence-corrected chi connectivity index (χ4v) is 4.77. The Labute approximate surface area is 169 Å². The van der Waals surface area contributed by atoms with Crippen LogP contribution in [0.1, 0.15) is 25.0 Å². The predicted molar refractivity (Wildman–Crippen MR) is 120 cm³/mol. The first-order chi connectivity index (χ1) is 14.1. The Hall–Kier alpha value is -3.59. The average Bonchev–Trinajstić information content (AvgIpc) is 3.11. The molecule has 1 aliphatic rings. The monoisotopic (exact) mass is 375 g/mol. The molecule has 0 fully saturated rings. The van der Waals surface area contributed by atoms with Gasteiger partial charge in [-0.05, 0) is 53.6 Å². The highest BCUT2D eigenvalue weighted by Gasteiger charge is 2.37. The minimum atomic E-state index is -0.107. The summed E-state index contributed by atoms with van der Waals surface area (Å²) in [6.07, 6.45) is 1.87. The van der Waals surface area contributed by atoms with E-state index in [0.717, 1.165) is 16.6 Å². The van der Waals surface area contributed by atoms with Gasteiger partial charge in [0, 0.05) is 22.7 Å². The van der Waals surface area contributed by atoms with Crippen LogP contribution in [0.4, 0.5) is 17.1 Å². The molecular weight excluding hydrogens is 354 g/mol. The van der Waals surface area contributed by atoms with Gasteiger partial charge in [0.05, 0.1) is 27.9 Å². The molecule has 6 rings (SSSR count). The first-order valence-corrected chi connectivity index (χ1v) is 10.0. The van der Waals surface area contributed by atoms with Crippen molar-refractivity contribution in [1.29, 1.82) is 0 Å². The molecule has 3 nitrogen and oxygen atoms in total. The molecule has 0 bridgehead atoms. The van der Waals surface area contributed by atoms with Crippen LogP contribution in [-0.2, 0) is 5.41 Å². The Morgan fingerprint density at radius 1 is 0.759 bits per heavy atom. The van der Waals surface area contributed by atoms with Crippen LogP contribution in [0.25, 0.3) is 21.9 Å². The first kappa shape index (κ1) is 16.4. The van der Waals surface area contributed by atoms with Gasteiger partial charge in [-0.3, -0.25) is 4.98 Å². The molecule has 0 saturated carbocycles. The molecule has 0 aliphatic carbocycles. The van der Waals surface area contributed by atoms with Gasteiger partial charge in [0.25, 0.3) is 0 Å². The van der Waals surface area contributed by atoms with E-state index in [-0.39, 0.29) is 5.41 Å². The lowest BCUT2D eigenvalue weighted by Crippen LogP contribution is -2.30. The van der Waals surface area contributed by atoms with E-state index in [1.165, 1.54) is 33.6 Å². The van der Waals surface area contributed by atoms with E-state index in [4.69, 9.17) is 0 Å². The fourth-order valence-electron chi connectivity index (χ4n) is 4.77. The van der Waals surface area contributed by atoms with Crippen molar-refractivity contribution in [2.75, 3.05) is 4.90 Å². The van der Waals surface area contributed by atoms with Crippen molar-refractivity contribution in [2.24, 2.45) is 0 Å². The lowest BCUT2D eigenvalue weighted by molar-refractivity contribution is 0.633. The summed E-state index contributed by atoms with van der Waals surface area (Å²) in [5.41, 5.74) is 9.41. The number of nitrogens with zero attached hydrogens (tertiary/aromatic N) is 2. The summed E-state index contributed by atoms with van der Waals surface area (Å²) in [6.45, 7) is 4.64. The maximum Gasteiger partial charge on any atom is 0.0957 e. The fraction of sp³-hybridized carbons (Fsp3) is 0.115. The Balaban J connectivity index is 1.74. The van der Waals surface area contributed by atoms with E-state index in [1.54, 1.807) is 0 Å². The normalized spacial score (nSPS) is 14.8. The van der Waals surface area contributed by atoms with Gasteiger partial charge in [-0.2, -0.15) is 0 Å². The number of rotatable bonds is 1. The van der Waals surface area contributed by atoms with Gasteiger partial charge in [-0.25, -0.2) is 0 Å². The molecule has 1 aliphatic heterocycles. The van der Waals surface area contributed by atoms with Crippen molar-refractivity contribution in [3.63, 3.8) is 0 Å². The summed E-state index contributed by atoms with van der Waals surface area (Å²) in [5, 5.41) is 1.18. The molecule has 3 heterocycles. The van der Waals surface area contributed by atoms with Gasteiger partial charge >= 0.3 is 0 Å². The molecule has 0 spiro atoms. The number of para-hydroxylation sites is 2. The number of hydrogen-bond acceptors (Lipinski definition) is 2. The second-order valence-electron chi connectivity index (χ2n) is 8.25. The number of anilines is 3. The third-order valence-corrected chi connectivity index (χ3v) is 6.21. The highest BCUT2D eigenvalue weighted by atomic mass is 15.2. The van der Waals surface area contributed by atoms with E-state index >= 15 is 0 Å². The standard InChI is InChI=1S/C26H21N3/c1-26(2)19-11-6-7-13-23(19)29(17-9-4-3-5-10-17)24-16-22-18(15-20(24)26)25-21(28-22)12-8-14-27-25/h3-16,28H,1-2H3. The summed E-state index contributed by atoms with van der Waals surface area (Å²) in [5.74, 6) is 0. The highest BCUT2D eigenvalue weighted by molar-refractivity contribution is 6.07. The van der Waals surface area contributed by atoms with Crippen molar-refractivity contribution >= 4 is 39.0 Å². The van der Waals surface area contributed by atoms with Gasteiger partial charge in [0.2, 0.25) is 0 Å². The molecule has 3 aromatic carbocycles. The summed E-state index contributed by atoms with van der Waals surface area (Å²) in [4.78, 5) is 10.6. The zero-order valence-electron chi connectivity index (χ0n) is 16.5. The lowest BCUT2D eigenvalue weighted by atomic mass is 9.73. The van der Waals surface area contributed by atoms with Crippen molar-refractivity contribution in [2.45, 2.75) is 19.3 Å². The zero-order chi connectivity index (χ0) is 19.6. The molecule has 0 unspecified atom stereocenters. The molecule has 5 aromatic rings. The largest absolute Gasteiger partial charge is 0.353 e. The molecule has 0 amide bonds. The molecule has 1 N–H and O–H groups in total. The SMILES string of the molecule is CC1(C)c2ccccc2N(c2ccccc2)c2cc3[nH]c4cccnc4c3cc21. The van der Waals surface area contributed by atoms with Crippen molar-refractivity contribution in [3.05, 3.63) is 96.2 Å². The maximum absolute atomic E-state index is 4.64. The average molecular weight is 375 g/mol. The summed E-state index contributed by atoms with van der Waals surface area (Å²) in [7, 11) is 0. The Kier molecular flexibility index (Phi) is 3.22. The summed E-state index contributed by atoms with van der Waals surface area (Å²) in [6, 6.07) is 28.1. The summed E-state index contributed by atoms with van der Waals surface area (Å²) < 4.78 is 0. The van der Waals surface area contributed by atoms with Crippen LogP contribution in [0.15, 0.2) is 85.1 Å². The predicted octanol–water partition coefficient (Wildman–Crippen LogP) is 6.83. The van der Waals surface area contributed by atoms with Gasteiger partial charge < -0.3 is 9.88 Å². The zero-order valence-corrected chi connectivity index (χ0v) is 16.5. The quantitative estimate of drug-likeness (QED) is 0.348. The number of pyridine rings is 1. The number of nitrogens with one attached hydrogen (secondary N) is 1. The van der Waals surface area contributed by atoms with E-state index in [2.05, 4.69) is 102 Å². The third-order valence-electron chi connectivity index (χ3n) is 6.21. The van der Waals surface area contributed by atoms with Crippen LogP contribution < -0.4 is 4.90 Å². The maximum atomic E-state index is 4.64. The Morgan fingerprint density at radius 2 is 1.55 bits per heavy atom. The highest BCUT2D eigenvalue weighted by Crippen LogP contribution is 2.52. The van der Waals surface area contributed by atoms with Crippen LogP contribution in [0.2, 0.25) is 0 Å². The molecular formula is C26H21N3. The van der Waals surface area contributed by atoms with Gasteiger partial charge in [0.1, 0.15) is 0 Å². The van der Waals surface area contributed by atoms with Crippen molar-refractivity contribution in [1.82, 2.24) is 9.97 Å². The lowest BCUT2D eigenvalue weighted by Gasteiger charge is -2.42. The first-order valence-electron chi connectivity index (χ1n) is 10.0. The minimum absolute atomic E-state index is 0.107. The second kappa shape index (κ2) is 5.71. The number of aromatic nitrogens is 2. The number of hydrogen-bond donors (Lipinski definition) is 1. The Bertz CT molecular complexity index is 1380. The molecule has 0 radical (unpaired) electrons. The molecule has 0 saturated heterocycles. The van der Waals surface area contributed by atoms with Crippen molar-refractivity contribution in [3.8, 4) is 0 Å². The second-order valence-corrected chi connectivity index (χ2v) is 8.25. The number of H-pyrrole nitrogens is 1. The molecule has 2 aromatic heterocycles. The van der Waals surface area contributed by atoms with Gasteiger partial charge in [-0.1, -0.05) is 50.2 Å².